The topological polar surface area (TPSA) is 76.8 Å². The summed E-state index contributed by atoms with van der Waals surface area (Å²) in [5, 5.41) is 12.6. The predicted octanol–water partition coefficient (Wildman–Crippen LogP) is 4.54. The molecule has 1 atom stereocenters. The molecule has 0 spiro atoms. The molecule has 1 aliphatic rings. The first-order valence-corrected chi connectivity index (χ1v) is 12.3. The summed E-state index contributed by atoms with van der Waals surface area (Å²) in [4.78, 5) is 21.2. The van der Waals surface area contributed by atoms with E-state index >= 15 is 0 Å². The molecule has 6 nitrogen and oxygen atoms in total. The monoisotopic (exact) mass is 461 g/mol. The zero-order chi connectivity index (χ0) is 21.9. The third-order valence-electron chi connectivity index (χ3n) is 5.89. The van der Waals surface area contributed by atoms with E-state index in [1.54, 1.807) is 17.4 Å². The van der Waals surface area contributed by atoms with Crippen molar-refractivity contribution < 1.29 is 4.79 Å². The average molecular weight is 462 g/mol. The number of fused-ring (bicyclic) bond motifs is 2. The Morgan fingerprint density at radius 1 is 1.28 bits per heavy atom. The summed E-state index contributed by atoms with van der Waals surface area (Å²) in [5.41, 5.74) is 2.95. The number of nitrogens with zero attached hydrogens (tertiary/aromatic N) is 3. The van der Waals surface area contributed by atoms with Crippen molar-refractivity contribution in [1.82, 2.24) is 19.2 Å². The van der Waals surface area contributed by atoms with Crippen molar-refractivity contribution in [2.45, 2.75) is 36.9 Å². The number of amides is 1. The maximum atomic E-state index is 13.6. The van der Waals surface area contributed by atoms with Crippen LogP contribution in [0.25, 0.3) is 10.9 Å². The number of H-pyrrole nitrogens is 1. The Kier molecular flexibility index (Phi) is 6.04. The van der Waals surface area contributed by atoms with Crippen LogP contribution in [0.4, 0.5) is 0 Å². The van der Waals surface area contributed by atoms with Gasteiger partial charge >= 0.3 is 0 Å². The minimum atomic E-state index is -0.358. The summed E-state index contributed by atoms with van der Waals surface area (Å²) in [6.07, 6.45) is 5.34. The highest BCUT2D eigenvalue weighted by Crippen LogP contribution is 2.28. The van der Waals surface area contributed by atoms with Crippen LogP contribution in [0.3, 0.4) is 0 Å². The molecule has 32 heavy (non-hydrogen) atoms. The van der Waals surface area contributed by atoms with Crippen LogP contribution >= 0.6 is 23.3 Å². The molecule has 0 fully saturated rings. The highest BCUT2D eigenvalue weighted by Gasteiger charge is 2.28. The second kappa shape index (κ2) is 9.25. The summed E-state index contributed by atoms with van der Waals surface area (Å²) < 4.78 is 5.36. The largest absolute Gasteiger partial charge is 0.361 e. The van der Waals surface area contributed by atoms with Gasteiger partial charge in [-0.05, 0) is 72.1 Å². The Labute approximate surface area is 195 Å². The Morgan fingerprint density at radius 3 is 3.12 bits per heavy atom. The number of hydrogen-bond acceptors (Lipinski definition) is 5. The molecule has 5 rings (SSSR count). The maximum Gasteiger partial charge on any atom is 0.240 e. The number of nitrogens with one attached hydrogen (secondary N) is 2. The Bertz CT molecular complexity index is 1280. The average Bonchev–Trinajstić information content (AvgIpc) is 3.58. The molecule has 2 N–H and O–H groups in total. The molecule has 1 amide bonds. The first-order valence-electron chi connectivity index (χ1n) is 10.6. The van der Waals surface area contributed by atoms with Gasteiger partial charge in [-0.2, -0.15) is 5.26 Å². The van der Waals surface area contributed by atoms with Crippen LogP contribution in [-0.2, 0) is 24.3 Å². The lowest BCUT2D eigenvalue weighted by atomic mass is 10.1. The van der Waals surface area contributed by atoms with Crippen molar-refractivity contribution in [1.29, 1.82) is 5.26 Å². The fourth-order valence-electron chi connectivity index (χ4n) is 4.15. The van der Waals surface area contributed by atoms with Gasteiger partial charge in [-0.15, -0.1) is 11.3 Å². The highest BCUT2D eigenvalue weighted by molar-refractivity contribution is 7.97. The highest BCUT2D eigenvalue weighted by atomic mass is 32.2. The van der Waals surface area contributed by atoms with Gasteiger partial charge in [0.15, 0.2) is 0 Å². The molecule has 0 saturated carbocycles. The van der Waals surface area contributed by atoms with Gasteiger partial charge in [0.1, 0.15) is 11.8 Å². The standard InChI is InChI=1S/C24H23N5OS2/c25-15-18-3-2-11-28(18)12-7-21(24(30)29-13-8-22-17(16-29)9-14-31-22)27-32-23-5-1-4-20-19(23)6-10-26-20/h1-6,9-11,14,21,26-27H,7-8,12-13,16H2. The van der Waals surface area contributed by atoms with Crippen LogP contribution in [-0.4, -0.2) is 32.9 Å². The number of aromatic nitrogens is 2. The number of rotatable bonds is 7. The molecule has 3 aromatic heterocycles. The number of carbonyl (C=O) groups excluding carboxylic acids is 1. The Hall–Kier alpha value is -2.99. The van der Waals surface area contributed by atoms with E-state index in [4.69, 9.17) is 0 Å². The third kappa shape index (κ3) is 4.19. The first-order chi connectivity index (χ1) is 15.7. The number of hydrogen-bond donors (Lipinski definition) is 2. The van der Waals surface area contributed by atoms with Gasteiger partial charge in [-0.1, -0.05) is 6.07 Å². The number of carbonyl (C=O) groups is 1. The van der Waals surface area contributed by atoms with E-state index < -0.39 is 0 Å². The summed E-state index contributed by atoms with van der Waals surface area (Å²) in [6, 6.07) is 15.8. The van der Waals surface area contributed by atoms with Gasteiger partial charge in [-0.25, -0.2) is 4.72 Å². The Morgan fingerprint density at radius 2 is 2.22 bits per heavy atom. The van der Waals surface area contributed by atoms with Gasteiger partial charge in [0, 0.05) is 52.7 Å². The van der Waals surface area contributed by atoms with E-state index in [-0.39, 0.29) is 11.9 Å². The lowest BCUT2D eigenvalue weighted by molar-refractivity contribution is -0.134. The van der Waals surface area contributed by atoms with Crippen LogP contribution in [0.2, 0.25) is 0 Å². The van der Waals surface area contributed by atoms with Crippen LogP contribution in [0.5, 0.6) is 0 Å². The molecule has 0 bridgehead atoms. The van der Waals surface area contributed by atoms with E-state index in [1.165, 1.54) is 22.4 Å². The molecular formula is C24H23N5OS2. The van der Waals surface area contributed by atoms with Crippen molar-refractivity contribution >= 4 is 40.1 Å². The molecule has 1 aromatic carbocycles. The van der Waals surface area contributed by atoms with E-state index in [0.29, 0.717) is 25.2 Å². The van der Waals surface area contributed by atoms with Crippen LogP contribution in [0.1, 0.15) is 22.6 Å². The summed E-state index contributed by atoms with van der Waals surface area (Å²) in [6.45, 7) is 2.02. The van der Waals surface area contributed by atoms with Crippen molar-refractivity contribution in [3.05, 3.63) is 76.4 Å². The van der Waals surface area contributed by atoms with E-state index in [2.05, 4.69) is 39.4 Å². The number of thiophene rings is 1. The van der Waals surface area contributed by atoms with Gasteiger partial charge in [-0.3, -0.25) is 4.79 Å². The van der Waals surface area contributed by atoms with Crippen molar-refractivity contribution in [3.63, 3.8) is 0 Å². The van der Waals surface area contributed by atoms with Gasteiger partial charge in [0.05, 0.1) is 6.04 Å². The summed E-state index contributed by atoms with van der Waals surface area (Å²) in [7, 11) is 0. The van der Waals surface area contributed by atoms with E-state index in [0.717, 1.165) is 28.8 Å². The van der Waals surface area contributed by atoms with Crippen LogP contribution in [0.15, 0.2) is 65.1 Å². The van der Waals surface area contributed by atoms with Crippen molar-refractivity contribution in [2.24, 2.45) is 0 Å². The van der Waals surface area contributed by atoms with Crippen LogP contribution in [0, 0.1) is 11.3 Å². The summed E-state index contributed by atoms with van der Waals surface area (Å²) >= 11 is 3.27. The maximum absolute atomic E-state index is 13.6. The lowest BCUT2D eigenvalue weighted by Gasteiger charge is -2.31. The number of aryl methyl sites for hydroxylation is 1. The fraction of sp³-hybridized carbons (Fsp3) is 0.250. The SMILES string of the molecule is N#Cc1cccn1CCC(NSc1cccc2[nH]ccc12)C(=O)N1CCc2sccc2C1. The minimum Gasteiger partial charge on any atom is -0.361 e. The fourth-order valence-corrected chi connectivity index (χ4v) is 5.96. The predicted molar refractivity (Wildman–Crippen MR) is 128 cm³/mol. The third-order valence-corrected chi connectivity index (χ3v) is 7.89. The molecule has 4 aromatic rings. The van der Waals surface area contributed by atoms with Gasteiger partial charge in [0.2, 0.25) is 5.91 Å². The quantitative estimate of drug-likeness (QED) is 0.396. The number of benzene rings is 1. The number of aromatic amines is 1. The van der Waals surface area contributed by atoms with Crippen LogP contribution < -0.4 is 4.72 Å². The van der Waals surface area contributed by atoms with Gasteiger partial charge in [0.25, 0.3) is 0 Å². The van der Waals surface area contributed by atoms with Gasteiger partial charge < -0.3 is 14.5 Å². The molecule has 0 saturated heterocycles. The zero-order valence-electron chi connectivity index (χ0n) is 17.5. The minimum absolute atomic E-state index is 0.112. The second-order valence-electron chi connectivity index (χ2n) is 7.83. The molecule has 0 radical (unpaired) electrons. The molecular weight excluding hydrogens is 438 g/mol. The smallest absolute Gasteiger partial charge is 0.240 e. The Balaban J connectivity index is 1.33. The van der Waals surface area contributed by atoms with Crippen molar-refractivity contribution in [3.8, 4) is 6.07 Å². The normalized spacial score (nSPS) is 14.3. The summed E-state index contributed by atoms with van der Waals surface area (Å²) in [5.74, 6) is 0.112. The van der Waals surface area contributed by atoms with E-state index in [1.807, 2.05) is 40.1 Å². The number of nitriles is 1. The molecule has 162 valence electrons. The molecule has 0 aliphatic carbocycles. The molecule has 8 heteroatoms. The molecule has 1 aliphatic heterocycles. The zero-order valence-corrected chi connectivity index (χ0v) is 19.1. The first kappa shape index (κ1) is 20.9. The van der Waals surface area contributed by atoms with E-state index in [9.17, 15) is 10.1 Å². The van der Waals surface area contributed by atoms with Crippen molar-refractivity contribution in [2.75, 3.05) is 6.54 Å². The lowest BCUT2D eigenvalue weighted by Crippen LogP contribution is -2.46. The molecule has 4 heterocycles. The molecule has 1 unspecified atom stereocenters. The second-order valence-corrected chi connectivity index (χ2v) is 9.71.